The number of nitrogens with zero attached hydrogens (tertiary/aromatic N) is 4. The molecule has 0 spiro atoms. The normalized spacial score (nSPS) is 17.3. The molecule has 0 radical (unpaired) electrons. The van der Waals surface area contributed by atoms with Crippen LogP contribution in [0.15, 0.2) is 67.1 Å². The van der Waals surface area contributed by atoms with Crippen LogP contribution in [0.5, 0.6) is 0 Å². The first-order valence-electron chi connectivity index (χ1n) is 10.8. The molecule has 1 saturated heterocycles. The average molecular weight is 416 g/mol. The maximum Gasteiger partial charge on any atom is 0.123 e. The van der Waals surface area contributed by atoms with Crippen molar-refractivity contribution in [1.82, 2.24) is 19.5 Å². The first kappa shape index (κ1) is 19.8. The van der Waals surface area contributed by atoms with Crippen molar-refractivity contribution < 1.29 is 4.39 Å². The number of hydrogen-bond acceptors (Lipinski definition) is 4. The Labute approximate surface area is 181 Å². The van der Waals surface area contributed by atoms with Crippen molar-refractivity contribution in [2.75, 3.05) is 13.1 Å². The molecule has 4 heterocycles. The van der Waals surface area contributed by atoms with E-state index in [1.165, 1.54) is 37.0 Å². The topological polar surface area (TPSA) is 59.5 Å². The Hall–Kier alpha value is -3.09. The fourth-order valence-electron chi connectivity index (χ4n) is 4.57. The van der Waals surface area contributed by atoms with Crippen LogP contribution in [-0.4, -0.2) is 38.6 Å². The predicted octanol–water partition coefficient (Wildman–Crippen LogP) is 4.52. The molecule has 0 aliphatic carbocycles. The zero-order chi connectivity index (χ0) is 21.2. The third kappa shape index (κ3) is 3.96. The Kier molecular flexibility index (Phi) is 5.49. The van der Waals surface area contributed by atoms with Crippen LogP contribution in [0.25, 0.3) is 27.9 Å². The molecule has 1 fully saturated rings. The molecule has 1 aliphatic rings. The Morgan fingerprint density at radius 2 is 1.77 bits per heavy atom. The van der Waals surface area contributed by atoms with Gasteiger partial charge < -0.3 is 5.73 Å². The fraction of sp³-hybridized carbons (Fsp3) is 0.280. The number of rotatable bonds is 5. The molecular weight excluding hydrogens is 389 g/mol. The van der Waals surface area contributed by atoms with E-state index in [0.717, 1.165) is 41.0 Å². The van der Waals surface area contributed by atoms with Crippen molar-refractivity contribution in [1.29, 1.82) is 0 Å². The van der Waals surface area contributed by atoms with Gasteiger partial charge in [-0.05, 0) is 73.0 Å². The number of benzene rings is 1. The van der Waals surface area contributed by atoms with Gasteiger partial charge in [0.25, 0.3) is 0 Å². The number of likely N-dealkylation sites (tertiary alicyclic amines) is 1. The zero-order valence-electron chi connectivity index (χ0n) is 17.4. The summed E-state index contributed by atoms with van der Waals surface area (Å²) in [4.78, 5) is 6.64. The Bertz CT molecular complexity index is 1170. The van der Waals surface area contributed by atoms with Gasteiger partial charge in [0.15, 0.2) is 0 Å². The maximum absolute atomic E-state index is 13.5. The zero-order valence-corrected chi connectivity index (χ0v) is 17.4. The van der Waals surface area contributed by atoms with Crippen LogP contribution in [0.4, 0.5) is 4.39 Å². The van der Waals surface area contributed by atoms with Gasteiger partial charge in [0.05, 0.1) is 5.52 Å². The average Bonchev–Trinajstić information content (AvgIpc) is 3.19. The summed E-state index contributed by atoms with van der Waals surface area (Å²) in [6.45, 7) is 2.65. The summed E-state index contributed by atoms with van der Waals surface area (Å²) in [5.74, 6) is -0.253. The minimum atomic E-state index is -0.253. The van der Waals surface area contributed by atoms with Gasteiger partial charge in [-0.1, -0.05) is 12.5 Å². The van der Waals surface area contributed by atoms with Gasteiger partial charge >= 0.3 is 0 Å². The molecule has 1 atom stereocenters. The van der Waals surface area contributed by atoms with Crippen LogP contribution in [0.1, 0.15) is 24.8 Å². The summed E-state index contributed by atoms with van der Waals surface area (Å²) in [7, 11) is 0. The molecule has 1 aromatic carbocycles. The molecule has 0 bridgehead atoms. The van der Waals surface area contributed by atoms with Crippen LogP contribution in [0, 0.1) is 5.82 Å². The van der Waals surface area contributed by atoms with Crippen molar-refractivity contribution in [2.24, 2.45) is 5.73 Å². The van der Waals surface area contributed by atoms with Crippen LogP contribution in [0.2, 0.25) is 0 Å². The monoisotopic (exact) mass is 415 g/mol. The standard InChI is InChI=1S/C25H26FN5/c26-21-7-5-20(6-8-21)25-24(19-10-12-28-13-11-19)23-9-4-18(17-31(23)29-25)16-30-14-2-1-3-22(30)15-27/h4-13,17,22H,1-3,14-16,27H2/t22-/m0/s1. The number of piperidine rings is 1. The van der Waals surface area contributed by atoms with E-state index < -0.39 is 0 Å². The number of nitrogens with two attached hydrogens (primary N) is 1. The lowest BCUT2D eigenvalue weighted by molar-refractivity contribution is 0.144. The van der Waals surface area contributed by atoms with Gasteiger partial charge in [-0.15, -0.1) is 0 Å². The van der Waals surface area contributed by atoms with Gasteiger partial charge in [0.1, 0.15) is 11.5 Å². The minimum absolute atomic E-state index is 0.253. The van der Waals surface area contributed by atoms with E-state index in [9.17, 15) is 4.39 Å². The van der Waals surface area contributed by atoms with Gasteiger partial charge in [0.2, 0.25) is 0 Å². The summed E-state index contributed by atoms with van der Waals surface area (Å²) in [6, 6.07) is 15.2. The van der Waals surface area contributed by atoms with Crippen molar-refractivity contribution in [3.63, 3.8) is 0 Å². The van der Waals surface area contributed by atoms with E-state index in [4.69, 9.17) is 10.8 Å². The van der Waals surface area contributed by atoms with Gasteiger partial charge in [0, 0.05) is 48.8 Å². The second kappa shape index (κ2) is 8.57. The lowest BCUT2D eigenvalue weighted by Gasteiger charge is -2.34. The van der Waals surface area contributed by atoms with E-state index in [-0.39, 0.29) is 5.82 Å². The number of halogens is 1. The van der Waals surface area contributed by atoms with Crippen LogP contribution in [-0.2, 0) is 6.54 Å². The smallest absolute Gasteiger partial charge is 0.123 e. The second-order valence-electron chi connectivity index (χ2n) is 8.19. The van der Waals surface area contributed by atoms with E-state index in [2.05, 4.69) is 28.2 Å². The quantitative estimate of drug-likeness (QED) is 0.521. The first-order valence-corrected chi connectivity index (χ1v) is 10.8. The molecule has 6 heteroatoms. The molecule has 4 aromatic rings. The fourth-order valence-corrected chi connectivity index (χ4v) is 4.57. The molecule has 2 N–H and O–H groups in total. The van der Waals surface area contributed by atoms with Gasteiger partial charge in [-0.2, -0.15) is 5.10 Å². The van der Waals surface area contributed by atoms with Crippen LogP contribution >= 0.6 is 0 Å². The molecular formula is C25H26FN5. The number of pyridine rings is 2. The van der Waals surface area contributed by atoms with Gasteiger partial charge in [-0.25, -0.2) is 8.91 Å². The highest BCUT2D eigenvalue weighted by molar-refractivity contribution is 5.92. The number of aromatic nitrogens is 3. The molecule has 5 nitrogen and oxygen atoms in total. The highest BCUT2D eigenvalue weighted by Gasteiger charge is 2.22. The predicted molar refractivity (Wildman–Crippen MR) is 121 cm³/mol. The summed E-state index contributed by atoms with van der Waals surface area (Å²) in [5, 5.41) is 4.91. The van der Waals surface area contributed by atoms with Crippen LogP contribution in [0.3, 0.4) is 0 Å². The highest BCUT2D eigenvalue weighted by atomic mass is 19.1. The van der Waals surface area contributed by atoms with E-state index >= 15 is 0 Å². The van der Waals surface area contributed by atoms with E-state index in [0.29, 0.717) is 12.6 Å². The number of hydrogen-bond donors (Lipinski definition) is 1. The molecule has 5 rings (SSSR count). The summed E-state index contributed by atoms with van der Waals surface area (Å²) in [6.07, 6.45) is 9.32. The summed E-state index contributed by atoms with van der Waals surface area (Å²) < 4.78 is 15.5. The largest absolute Gasteiger partial charge is 0.329 e. The molecule has 0 unspecified atom stereocenters. The second-order valence-corrected chi connectivity index (χ2v) is 8.19. The third-order valence-corrected chi connectivity index (χ3v) is 6.18. The van der Waals surface area contributed by atoms with Gasteiger partial charge in [-0.3, -0.25) is 9.88 Å². The summed E-state index contributed by atoms with van der Waals surface area (Å²) in [5.41, 5.74) is 12.0. The van der Waals surface area contributed by atoms with Crippen LogP contribution < -0.4 is 5.73 Å². The lowest BCUT2D eigenvalue weighted by atomic mass is 10.00. The SMILES string of the molecule is NC[C@@H]1CCCCN1Cc1ccc2c(-c3ccncc3)c(-c3ccc(F)cc3)nn2c1. The Morgan fingerprint density at radius 3 is 2.55 bits per heavy atom. The Balaban J connectivity index is 1.58. The van der Waals surface area contributed by atoms with Crippen molar-refractivity contribution in [2.45, 2.75) is 31.8 Å². The van der Waals surface area contributed by atoms with Crippen molar-refractivity contribution >= 4 is 5.52 Å². The lowest BCUT2D eigenvalue weighted by Crippen LogP contribution is -2.43. The molecule has 31 heavy (non-hydrogen) atoms. The van der Waals surface area contributed by atoms with Crippen molar-refractivity contribution in [3.05, 3.63) is 78.5 Å². The van der Waals surface area contributed by atoms with Crippen molar-refractivity contribution in [3.8, 4) is 22.4 Å². The molecule has 0 saturated carbocycles. The third-order valence-electron chi connectivity index (χ3n) is 6.18. The first-order chi connectivity index (χ1) is 15.2. The highest BCUT2D eigenvalue weighted by Crippen LogP contribution is 2.35. The molecule has 3 aromatic heterocycles. The molecule has 0 amide bonds. The maximum atomic E-state index is 13.5. The molecule has 1 aliphatic heterocycles. The minimum Gasteiger partial charge on any atom is -0.329 e. The van der Waals surface area contributed by atoms with E-state index in [1.54, 1.807) is 24.5 Å². The molecule has 158 valence electrons. The summed E-state index contributed by atoms with van der Waals surface area (Å²) >= 11 is 0. The van der Waals surface area contributed by atoms with E-state index in [1.807, 2.05) is 16.6 Å². The number of fused-ring (bicyclic) bond motifs is 1. The Morgan fingerprint density at radius 1 is 0.968 bits per heavy atom.